The molecule has 4 aromatic rings. The first kappa shape index (κ1) is 21.1. The van der Waals surface area contributed by atoms with E-state index in [1.54, 1.807) is 18.2 Å². The summed E-state index contributed by atoms with van der Waals surface area (Å²) in [6.07, 6.45) is 5.94. The summed E-state index contributed by atoms with van der Waals surface area (Å²) in [4.78, 5) is 46.6. The number of carbonyl (C=O) groups excluding carboxylic acids is 1. The first-order chi connectivity index (χ1) is 16.4. The lowest BCUT2D eigenvalue weighted by molar-refractivity contribution is 0.0688. The molecule has 0 atom stereocenters. The Balaban J connectivity index is 1.50. The number of hydrogen-bond donors (Lipinski definition) is 2. The van der Waals surface area contributed by atoms with Crippen LogP contribution < -0.4 is 4.90 Å². The number of aromatic amines is 1. The standard InChI is InChI=1S/C23H25N7O3S/c1-4-29-15(21(31)30(12-5-6-12)13-7-8-13)9-14-17-18(25-10-24-17)20(27-19(14)29)28(3)23-26-16(22(32)33)11(2)34-23/h9-10,12-13H,4-8H2,1-3H3,(H,24,25)(H,32,33). The van der Waals surface area contributed by atoms with E-state index in [0.29, 0.717) is 51.3 Å². The Morgan fingerprint density at radius 2 is 1.94 bits per heavy atom. The van der Waals surface area contributed by atoms with Gasteiger partial charge in [-0.15, -0.1) is 11.3 Å². The molecule has 0 spiro atoms. The smallest absolute Gasteiger partial charge is 0.355 e. The van der Waals surface area contributed by atoms with Crippen LogP contribution in [0.4, 0.5) is 10.9 Å². The molecule has 4 heterocycles. The molecule has 2 aliphatic carbocycles. The Morgan fingerprint density at radius 3 is 2.53 bits per heavy atom. The molecule has 10 nitrogen and oxygen atoms in total. The molecule has 0 bridgehead atoms. The van der Waals surface area contributed by atoms with Gasteiger partial charge in [0.25, 0.3) is 5.91 Å². The Bertz CT molecular complexity index is 1450. The molecule has 0 radical (unpaired) electrons. The quantitative estimate of drug-likeness (QED) is 0.412. The van der Waals surface area contributed by atoms with E-state index in [9.17, 15) is 14.7 Å². The highest BCUT2D eigenvalue weighted by Crippen LogP contribution is 2.40. The van der Waals surface area contributed by atoms with Crippen LogP contribution in [-0.4, -0.2) is 65.5 Å². The Labute approximate surface area is 199 Å². The number of pyridine rings is 1. The minimum atomic E-state index is -1.05. The first-order valence-electron chi connectivity index (χ1n) is 11.5. The maximum Gasteiger partial charge on any atom is 0.355 e. The molecule has 6 rings (SSSR count). The lowest BCUT2D eigenvalue weighted by Crippen LogP contribution is -2.36. The van der Waals surface area contributed by atoms with Crippen molar-refractivity contribution in [2.45, 2.75) is 58.2 Å². The summed E-state index contributed by atoms with van der Waals surface area (Å²) >= 11 is 1.30. The van der Waals surface area contributed by atoms with Gasteiger partial charge in [-0.25, -0.2) is 19.7 Å². The number of rotatable bonds is 7. The molecule has 0 aromatic carbocycles. The van der Waals surface area contributed by atoms with E-state index in [2.05, 4.69) is 19.9 Å². The topological polar surface area (TPSA) is 120 Å². The number of anilines is 2. The van der Waals surface area contributed by atoms with Gasteiger partial charge in [-0.2, -0.15) is 0 Å². The van der Waals surface area contributed by atoms with Crippen molar-refractivity contribution in [1.82, 2.24) is 29.4 Å². The highest BCUT2D eigenvalue weighted by molar-refractivity contribution is 7.15. The SMILES string of the molecule is CCn1c(C(=O)N(C2CC2)C2CC2)cc2c3nc[nH]c3c(N(C)c3nc(C(=O)O)c(C)s3)nc21. The molecule has 1 amide bonds. The number of hydrogen-bond acceptors (Lipinski definition) is 7. The summed E-state index contributed by atoms with van der Waals surface area (Å²) in [7, 11) is 1.81. The molecule has 0 unspecified atom stereocenters. The van der Waals surface area contributed by atoms with Gasteiger partial charge in [-0.05, 0) is 45.6 Å². The van der Waals surface area contributed by atoms with Gasteiger partial charge in [0.15, 0.2) is 16.6 Å². The second-order valence-corrected chi connectivity index (χ2v) is 10.2. The van der Waals surface area contributed by atoms with Gasteiger partial charge in [0.05, 0.1) is 6.33 Å². The summed E-state index contributed by atoms with van der Waals surface area (Å²) in [6.45, 7) is 4.35. The summed E-state index contributed by atoms with van der Waals surface area (Å²) in [5.74, 6) is -0.397. The molecule has 11 heteroatoms. The zero-order valence-corrected chi connectivity index (χ0v) is 20.0. The number of carboxylic acid groups (broad SMARTS) is 1. The molecule has 176 valence electrons. The average Bonchev–Trinajstić information content (AvgIpc) is 3.70. The molecule has 0 saturated heterocycles. The number of H-pyrrole nitrogens is 1. The Morgan fingerprint density at radius 1 is 1.24 bits per heavy atom. The second-order valence-electron chi connectivity index (χ2n) is 9.01. The number of nitrogens with one attached hydrogen (secondary N) is 1. The number of aryl methyl sites for hydroxylation is 2. The predicted molar refractivity (Wildman–Crippen MR) is 129 cm³/mol. The molecular formula is C23H25N7O3S. The van der Waals surface area contributed by atoms with Crippen LogP contribution in [0, 0.1) is 6.92 Å². The third-order valence-electron chi connectivity index (χ3n) is 6.64. The van der Waals surface area contributed by atoms with Crippen molar-refractivity contribution in [3.05, 3.63) is 28.7 Å². The molecular weight excluding hydrogens is 454 g/mol. The second kappa shape index (κ2) is 7.52. The third kappa shape index (κ3) is 3.17. The Kier molecular flexibility index (Phi) is 4.67. The zero-order valence-electron chi connectivity index (χ0n) is 19.2. The molecule has 0 aliphatic heterocycles. The van der Waals surface area contributed by atoms with Crippen molar-refractivity contribution < 1.29 is 14.7 Å². The number of nitrogens with zero attached hydrogens (tertiary/aromatic N) is 6. The Hall–Kier alpha value is -3.47. The molecule has 2 saturated carbocycles. The van der Waals surface area contributed by atoms with Gasteiger partial charge in [-0.1, -0.05) is 0 Å². The minimum absolute atomic E-state index is 0.0406. The van der Waals surface area contributed by atoms with Crippen LogP contribution >= 0.6 is 11.3 Å². The fourth-order valence-electron chi connectivity index (χ4n) is 4.68. The van der Waals surface area contributed by atoms with Crippen LogP contribution in [-0.2, 0) is 6.54 Å². The number of thiazole rings is 1. The van der Waals surface area contributed by atoms with Crippen LogP contribution in [0.15, 0.2) is 12.4 Å². The molecule has 2 aliphatic rings. The van der Waals surface area contributed by atoms with Gasteiger partial charge >= 0.3 is 5.97 Å². The number of amides is 1. The predicted octanol–water partition coefficient (Wildman–Crippen LogP) is 3.93. The van der Waals surface area contributed by atoms with Crippen LogP contribution in [0.25, 0.3) is 22.1 Å². The van der Waals surface area contributed by atoms with Crippen LogP contribution in [0.3, 0.4) is 0 Å². The van der Waals surface area contributed by atoms with E-state index in [-0.39, 0.29) is 11.6 Å². The summed E-state index contributed by atoms with van der Waals surface area (Å²) in [5, 5.41) is 10.8. The number of carboxylic acids is 1. The van der Waals surface area contributed by atoms with E-state index >= 15 is 0 Å². The normalized spacial score (nSPS) is 15.9. The number of imidazole rings is 1. The molecule has 4 aromatic heterocycles. The maximum atomic E-state index is 13.7. The van der Waals surface area contributed by atoms with Crippen LogP contribution in [0.2, 0.25) is 0 Å². The fourth-order valence-corrected chi connectivity index (χ4v) is 5.54. The van der Waals surface area contributed by atoms with Crippen molar-refractivity contribution in [2.24, 2.45) is 0 Å². The number of fused-ring (bicyclic) bond motifs is 3. The monoisotopic (exact) mass is 479 g/mol. The number of aromatic nitrogens is 5. The minimum Gasteiger partial charge on any atom is -0.476 e. The fraction of sp³-hybridized carbons (Fsp3) is 0.435. The summed E-state index contributed by atoms with van der Waals surface area (Å²) in [6, 6.07) is 2.65. The molecule has 2 fully saturated rings. The van der Waals surface area contributed by atoms with E-state index in [0.717, 1.165) is 36.6 Å². The lowest BCUT2D eigenvalue weighted by atomic mass is 10.2. The number of aromatic carboxylic acids is 1. The van der Waals surface area contributed by atoms with Crippen molar-refractivity contribution in [3.63, 3.8) is 0 Å². The van der Waals surface area contributed by atoms with E-state index in [1.165, 1.54) is 11.3 Å². The average molecular weight is 480 g/mol. The number of carbonyl (C=O) groups is 2. The zero-order chi connectivity index (χ0) is 23.7. The summed E-state index contributed by atoms with van der Waals surface area (Å²) in [5.41, 5.74) is 2.81. The van der Waals surface area contributed by atoms with E-state index < -0.39 is 5.97 Å². The van der Waals surface area contributed by atoms with Gasteiger partial charge in [0.2, 0.25) is 0 Å². The van der Waals surface area contributed by atoms with E-state index in [4.69, 9.17) is 4.98 Å². The van der Waals surface area contributed by atoms with Crippen LogP contribution in [0.1, 0.15) is 58.5 Å². The van der Waals surface area contributed by atoms with Gasteiger partial charge < -0.3 is 24.5 Å². The van der Waals surface area contributed by atoms with Crippen molar-refractivity contribution in [1.29, 1.82) is 0 Å². The first-order valence-corrected chi connectivity index (χ1v) is 12.3. The molecule has 34 heavy (non-hydrogen) atoms. The van der Waals surface area contributed by atoms with Crippen molar-refractivity contribution in [2.75, 3.05) is 11.9 Å². The van der Waals surface area contributed by atoms with Gasteiger partial charge in [0.1, 0.15) is 22.4 Å². The highest BCUT2D eigenvalue weighted by atomic mass is 32.1. The third-order valence-corrected chi connectivity index (χ3v) is 7.69. The van der Waals surface area contributed by atoms with Crippen molar-refractivity contribution >= 4 is 56.2 Å². The summed E-state index contributed by atoms with van der Waals surface area (Å²) < 4.78 is 1.97. The van der Waals surface area contributed by atoms with Crippen molar-refractivity contribution in [3.8, 4) is 0 Å². The van der Waals surface area contributed by atoms with Crippen LogP contribution in [0.5, 0.6) is 0 Å². The highest BCUT2D eigenvalue weighted by Gasteiger charge is 2.43. The van der Waals surface area contributed by atoms with E-state index in [1.807, 2.05) is 24.6 Å². The maximum absolute atomic E-state index is 13.7. The lowest BCUT2D eigenvalue weighted by Gasteiger charge is -2.22. The largest absolute Gasteiger partial charge is 0.476 e. The van der Waals surface area contributed by atoms with Gasteiger partial charge in [-0.3, -0.25) is 4.79 Å². The molecule has 2 N–H and O–H groups in total. The van der Waals surface area contributed by atoms with Gasteiger partial charge in [0, 0.05) is 35.9 Å².